The molecule has 19 heavy (non-hydrogen) atoms. The predicted octanol–water partition coefficient (Wildman–Crippen LogP) is 2.16. The molecule has 0 aliphatic carbocycles. The first-order valence-electron chi connectivity index (χ1n) is 5.70. The summed E-state index contributed by atoms with van der Waals surface area (Å²) in [7, 11) is 0. The van der Waals surface area contributed by atoms with E-state index in [1.54, 1.807) is 24.3 Å². The van der Waals surface area contributed by atoms with Crippen LogP contribution in [0.15, 0.2) is 36.7 Å². The maximum absolute atomic E-state index is 13.4. The van der Waals surface area contributed by atoms with Crippen molar-refractivity contribution in [2.45, 2.75) is 6.54 Å². The van der Waals surface area contributed by atoms with Gasteiger partial charge in [0.25, 0.3) is 0 Å². The molecule has 0 saturated carbocycles. The summed E-state index contributed by atoms with van der Waals surface area (Å²) in [5.41, 5.74) is 0.563. The van der Waals surface area contributed by atoms with Crippen LogP contribution >= 0.6 is 0 Å². The average molecular weight is 257 g/mol. The maximum Gasteiger partial charge on any atom is 0.132 e. The number of nitrogens with one attached hydrogen (secondary N) is 2. The number of hydrogen-bond donors (Lipinski definition) is 2. The Hall–Kier alpha value is -2.68. The number of hydrogen-bond acceptors (Lipinski definition) is 5. The first-order chi connectivity index (χ1) is 9.29. The van der Waals surface area contributed by atoms with Crippen LogP contribution in [0.5, 0.6) is 0 Å². The summed E-state index contributed by atoms with van der Waals surface area (Å²) in [6, 6.07) is 10.2. The second kappa shape index (κ2) is 6.31. The second-order valence-electron chi connectivity index (χ2n) is 3.75. The van der Waals surface area contributed by atoms with E-state index in [0.717, 1.165) is 0 Å². The highest BCUT2D eigenvalue weighted by atomic mass is 19.1. The fourth-order valence-corrected chi connectivity index (χ4v) is 1.51. The summed E-state index contributed by atoms with van der Waals surface area (Å²) in [6.07, 6.45) is 1.38. The van der Waals surface area contributed by atoms with Crippen molar-refractivity contribution in [1.29, 1.82) is 5.26 Å². The van der Waals surface area contributed by atoms with Gasteiger partial charge in [-0.15, -0.1) is 0 Å². The molecular weight excluding hydrogens is 245 g/mol. The van der Waals surface area contributed by atoms with Crippen LogP contribution in [0.3, 0.4) is 0 Å². The highest BCUT2D eigenvalue weighted by Crippen LogP contribution is 2.11. The number of rotatable bonds is 5. The van der Waals surface area contributed by atoms with Crippen LogP contribution in [-0.2, 0) is 6.54 Å². The smallest absolute Gasteiger partial charge is 0.132 e. The van der Waals surface area contributed by atoms with Crippen molar-refractivity contribution in [3.63, 3.8) is 0 Å². The quantitative estimate of drug-likeness (QED) is 0.803. The molecule has 2 aromatic rings. The number of anilines is 2. The van der Waals surface area contributed by atoms with Crippen LogP contribution in [0.1, 0.15) is 5.56 Å². The summed E-state index contributed by atoms with van der Waals surface area (Å²) in [6.45, 7) is 0.505. The molecule has 0 bridgehead atoms. The van der Waals surface area contributed by atoms with E-state index in [1.807, 2.05) is 6.07 Å². The summed E-state index contributed by atoms with van der Waals surface area (Å²) < 4.78 is 13.4. The van der Waals surface area contributed by atoms with Crippen molar-refractivity contribution in [3.05, 3.63) is 48.0 Å². The third kappa shape index (κ3) is 3.64. The maximum atomic E-state index is 13.4. The van der Waals surface area contributed by atoms with Crippen molar-refractivity contribution in [1.82, 2.24) is 9.97 Å². The summed E-state index contributed by atoms with van der Waals surface area (Å²) in [5, 5.41) is 14.3. The Labute approximate surface area is 110 Å². The lowest BCUT2D eigenvalue weighted by molar-refractivity contribution is 0.613. The Morgan fingerprint density at radius 1 is 1.16 bits per heavy atom. The molecule has 0 radical (unpaired) electrons. The van der Waals surface area contributed by atoms with Gasteiger partial charge in [0.15, 0.2) is 0 Å². The van der Waals surface area contributed by atoms with Gasteiger partial charge in [-0.25, -0.2) is 14.4 Å². The molecule has 96 valence electrons. The first kappa shape index (κ1) is 12.8. The second-order valence-corrected chi connectivity index (χ2v) is 3.75. The zero-order valence-corrected chi connectivity index (χ0v) is 10.1. The Kier molecular flexibility index (Phi) is 4.24. The van der Waals surface area contributed by atoms with Gasteiger partial charge in [-0.05, 0) is 6.07 Å². The van der Waals surface area contributed by atoms with Crippen LogP contribution in [-0.4, -0.2) is 16.5 Å². The molecule has 0 amide bonds. The lowest BCUT2D eigenvalue weighted by Gasteiger charge is -2.07. The zero-order chi connectivity index (χ0) is 13.5. The van der Waals surface area contributed by atoms with Crippen molar-refractivity contribution in [2.24, 2.45) is 0 Å². The average Bonchev–Trinajstić information content (AvgIpc) is 2.45. The minimum atomic E-state index is -0.258. The molecule has 1 heterocycles. The molecule has 0 spiro atoms. The number of nitrogens with zero attached hydrogens (tertiary/aromatic N) is 3. The SMILES string of the molecule is N#CCNc1cc(NCc2ccccc2F)ncn1. The summed E-state index contributed by atoms with van der Waals surface area (Å²) in [4.78, 5) is 7.99. The Morgan fingerprint density at radius 3 is 2.63 bits per heavy atom. The van der Waals surface area contributed by atoms with Crippen LogP contribution in [0.25, 0.3) is 0 Å². The van der Waals surface area contributed by atoms with Crippen LogP contribution in [0, 0.1) is 17.1 Å². The molecule has 0 atom stereocenters. The molecular formula is C13H12FN5. The molecule has 0 aliphatic heterocycles. The molecule has 1 aromatic heterocycles. The standard InChI is InChI=1S/C13H12FN5/c14-11-4-2-1-3-10(11)8-17-13-7-12(16-6-5-15)18-9-19-13/h1-4,7,9H,6,8H2,(H2,16,17,18,19). The van der Waals surface area contributed by atoms with Crippen molar-refractivity contribution < 1.29 is 4.39 Å². The van der Waals surface area contributed by atoms with Gasteiger partial charge in [-0.3, -0.25) is 0 Å². The van der Waals surface area contributed by atoms with E-state index in [4.69, 9.17) is 5.26 Å². The monoisotopic (exact) mass is 257 g/mol. The van der Waals surface area contributed by atoms with E-state index in [-0.39, 0.29) is 12.4 Å². The largest absolute Gasteiger partial charge is 0.366 e. The third-order valence-corrected chi connectivity index (χ3v) is 2.43. The number of aromatic nitrogens is 2. The van der Waals surface area contributed by atoms with E-state index < -0.39 is 0 Å². The number of nitriles is 1. The topological polar surface area (TPSA) is 73.6 Å². The van der Waals surface area contributed by atoms with Gasteiger partial charge in [0.1, 0.15) is 30.3 Å². The number of benzene rings is 1. The molecule has 1 aromatic carbocycles. The number of halogens is 1. The lowest BCUT2D eigenvalue weighted by atomic mass is 10.2. The first-order valence-corrected chi connectivity index (χ1v) is 5.70. The van der Waals surface area contributed by atoms with E-state index in [2.05, 4.69) is 20.6 Å². The minimum absolute atomic E-state index is 0.170. The van der Waals surface area contributed by atoms with Gasteiger partial charge in [0.2, 0.25) is 0 Å². The van der Waals surface area contributed by atoms with Crippen molar-refractivity contribution in [2.75, 3.05) is 17.2 Å². The van der Waals surface area contributed by atoms with Gasteiger partial charge in [0.05, 0.1) is 6.07 Å². The summed E-state index contributed by atoms with van der Waals surface area (Å²) in [5.74, 6) is 0.859. The molecule has 0 unspecified atom stereocenters. The molecule has 2 rings (SSSR count). The fourth-order valence-electron chi connectivity index (χ4n) is 1.51. The van der Waals surface area contributed by atoms with Gasteiger partial charge in [-0.2, -0.15) is 5.26 Å². The minimum Gasteiger partial charge on any atom is -0.366 e. The Morgan fingerprint density at radius 2 is 1.89 bits per heavy atom. The van der Waals surface area contributed by atoms with Gasteiger partial charge in [0, 0.05) is 18.2 Å². The van der Waals surface area contributed by atoms with Gasteiger partial charge < -0.3 is 10.6 Å². The molecule has 0 fully saturated rings. The highest BCUT2D eigenvalue weighted by molar-refractivity contribution is 5.47. The molecule has 5 nitrogen and oxygen atoms in total. The van der Waals surface area contributed by atoms with E-state index >= 15 is 0 Å². The van der Waals surface area contributed by atoms with E-state index in [0.29, 0.717) is 23.7 Å². The summed E-state index contributed by atoms with van der Waals surface area (Å²) >= 11 is 0. The van der Waals surface area contributed by atoms with E-state index in [9.17, 15) is 4.39 Å². The van der Waals surface area contributed by atoms with Gasteiger partial charge in [-0.1, -0.05) is 18.2 Å². The Balaban J connectivity index is 2.00. The predicted molar refractivity (Wildman–Crippen MR) is 69.9 cm³/mol. The van der Waals surface area contributed by atoms with Crippen molar-refractivity contribution in [3.8, 4) is 6.07 Å². The zero-order valence-electron chi connectivity index (χ0n) is 10.1. The van der Waals surface area contributed by atoms with Gasteiger partial charge >= 0.3 is 0 Å². The molecule has 0 aliphatic rings. The van der Waals surface area contributed by atoms with Crippen LogP contribution in [0.2, 0.25) is 0 Å². The normalized spacial score (nSPS) is 9.68. The molecule has 2 N–H and O–H groups in total. The Bertz CT molecular complexity index is 594. The van der Waals surface area contributed by atoms with E-state index in [1.165, 1.54) is 12.4 Å². The third-order valence-electron chi connectivity index (χ3n) is 2.43. The highest BCUT2D eigenvalue weighted by Gasteiger charge is 2.02. The molecule has 6 heteroatoms. The fraction of sp³-hybridized carbons (Fsp3) is 0.154. The van der Waals surface area contributed by atoms with Crippen LogP contribution in [0.4, 0.5) is 16.0 Å². The molecule has 0 saturated heterocycles. The van der Waals surface area contributed by atoms with Crippen LogP contribution < -0.4 is 10.6 Å². The lowest BCUT2D eigenvalue weighted by Crippen LogP contribution is -2.06. The van der Waals surface area contributed by atoms with Crippen molar-refractivity contribution >= 4 is 11.6 Å².